The van der Waals surface area contributed by atoms with Gasteiger partial charge in [-0.25, -0.2) is 8.42 Å². The van der Waals surface area contributed by atoms with E-state index in [9.17, 15) is 13.2 Å². The summed E-state index contributed by atoms with van der Waals surface area (Å²) < 4.78 is 36.1. The number of carbonyl (C=O) groups excluding carboxylic acids is 1. The molecule has 1 N–H and O–H groups in total. The van der Waals surface area contributed by atoms with E-state index in [1.807, 2.05) is 13.0 Å². The molecular weight excluding hydrogens is 428 g/mol. The standard InChI is InChI=1S/C21H27ClN2O5S/c1-5-18(15-10-11-19(28-2)20(12-15)29-3)23-21(25)14-24(30(4,26)27)13-16-8-6-7-9-17(16)22/h6-12,18H,5,13-14H2,1-4H3,(H,23,25)/t18-/m0/s1. The molecule has 2 aromatic carbocycles. The molecule has 9 heteroatoms. The van der Waals surface area contributed by atoms with Crippen LogP contribution < -0.4 is 14.8 Å². The number of hydrogen-bond acceptors (Lipinski definition) is 5. The normalized spacial score (nSPS) is 12.5. The number of rotatable bonds is 10. The van der Waals surface area contributed by atoms with Crippen LogP contribution in [0.4, 0.5) is 0 Å². The highest BCUT2D eigenvalue weighted by molar-refractivity contribution is 7.88. The number of ether oxygens (including phenoxy) is 2. The molecular formula is C21H27ClN2O5S. The maximum Gasteiger partial charge on any atom is 0.235 e. The van der Waals surface area contributed by atoms with Crippen molar-refractivity contribution >= 4 is 27.5 Å². The molecule has 0 saturated carbocycles. The summed E-state index contributed by atoms with van der Waals surface area (Å²) in [6.07, 6.45) is 1.69. The van der Waals surface area contributed by atoms with Crippen molar-refractivity contribution in [2.75, 3.05) is 27.0 Å². The fourth-order valence-electron chi connectivity index (χ4n) is 3.00. The maximum absolute atomic E-state index is 12.7. The van der Waals surface area contributed by atoms with Crippen LogP contribution in [0.15, 0.2) is 42.5 Å². The minimum absolute atomic E-state index is 0.0130. The number of amides is 1. The van der Waals surface area contributed by atoms with Crippen LogP contribution in [0.2, 0.25) is 5.02 Å². The van der Waals surface area contributed by atoms with Gasteiger partial charge in [0.25, 0.3) is 0 Å². The molecule has 7 nitrogen and oxygen atoms in total. The minimum atomic E-state index is -3.62. The predicted molar refractivity (Wildman–Crippen MR) is 117 cm³/mol. The number of halogens is 1. The van der Waals surface area contributed by atoms with E-state index in [-0.39, 0.29) is 19.1 Å². The summed E-state index contributed by atoms with van der Waals surface area (Å²) in [5.41, 5.74) is 1.46. The summed E-state index contributed by atoms with van der Waals surface area (Å²) in [6, 6.07) is 12.0. The first-order valence-electron chi connectivity index (χ1n) is 9.39. The maximum atomic E-state index is 12.7. The largest absolute Gasteiger partial charge is 0.493 e. The van der Waals surface area contributed by atoms with Crippen LogP contribution in [0.25, 0.3) is 0 Å². The average molecular weight is 455 g/mol. The number of methoxy groups -OCH3 is 2. The lowest BCUT2D eigenvalue weighted by atomic mass is 10.0. The molecule has 0 heterocycles. The molecule has 0 radical (unpaired) electrons. The number of nitrogens with one attached hydrogen (secondary N) is 1. The zero-order valence-electron chi connectivity index (χ0n) is 17.5. The Labute approximate surface area is 183 Å². The highest BCUT2D eigenvalue weighted by Gasteiger charge is 2.23. The van der Waals surface area contributed by atoms with Crippen LogP contribution >= 0.6 is 11.6 Å². The lowest BCUT2D eigenvalue weighted by molar-refractivity contribution is -0.122. The van der Waals surface area contributed by atoms with Gasteiger partial charge in [0.15, 0.2) is 11.5 Å². The lowest BCUT2D eigenvalue weighted by Crippen LogP contribution is -2.41. The first-order valence-corrected chi connectivity index (χ1v) is 11.6. The summed E-state index contributed by atoms with van der Waals surface area (Å²) >= 11 is 6.15. The van der Waals surface area contributed by atoms with Gasteiger partial charge in [0.2, 0.25) is 15.9 Å². The minimum Gasteiger partial charge on any atom is -0.493 e. The van der Waals surface area contributed by atoms with Gasteiger partial charge in [0, 0.05) is 11.6 Å². The van der Waals surface area contributed by atoms with Gasteiger partial charge in [0.05, 0.1) is 33.1 Å². The molecule has 1 amide bonds. The zero-order chi connectivity index (χ0) is 22.3. The van der Waals surface area contributed by atoms with E-state index in [0.717, 1.165) is 16.1 Å². The molecule has 0 fully saturated rings. The summed E-state index contributed by atoms with van der Waals surface area (Å²) in [6.45, 7) is 1.63. The van der Waals surface area contributed by atoms with Gasteiger partial charge in [-0.05, 0) is 35.7 Å². The molecule has 0 bridgehead atoms. The Balaban J connectivity index is 2.16. The number of nitrogens with zero attached hydrogens (tertiary/aromatic N) is 1. The second kappa shape index (κ2) is 10.7. The van der Waals surface area contributed by atoms with Gasteiger partial charge >= 0.3 is 0 Å². The van der Waals surface area contributed by atoms with Crippen LogP contribution in [0, 0.1) is 0 Å². The molecule has 164 valence electrons. The monoisotopic (exact) mass is 454 g/mol. The molecule has 0 unspecified atom stereocenters. The topological polar surface area (TPSA) is 84.9 Å². The van der Waals surface area contributed by atoms with Crippen molar-refractivity contribution in [3.63, 3.8) is 0 Å². The van der Waals surface area contributed by atoms with Gasteiger partial charge in [0.1, 0.15) is 0 Å². The highest BCUT2D eigenvalue weighted by Crippen LogP contribution is 2.31. The van der Waals surface area contributed by atoms with Crippen LogP contribution in [0.3, 0.4) is 0 Å². The number of sulfonamides is 1. The van der Waals surface area contributed by atoms with Crippen molar-refractivity contribution in [3.05, 3.63) is 58.6 Å². The number of carbonyl (C=O) groups is 1. The van der Waals surface area contributed by atoms with Crippen molar-refractivity contribution in [1.82, 2.24) is 9.62 Å². The number of benzene rings is 2. The SMILES string of the molecule is CC[C@H](NC(=O)CN(Cc1ccccc1Cl)S(C)(=O)=O)c1ccc(OC)c(OC)c1. The molecule has 0 aliphatic carbocycles. The smallest absolute Gasteiger partial charge is 0.235 e. The Bertz CT molecular complexity index is 981. The summed E-state index contributed by atoms with van der Waals surface area (Å²) in [5, 5.41) is 3.35. The molecule has 1 atom stereocenters. The quantitative estimate of drug-likeness (QED) is 0.594. The second-order valence-electron chi connectivity index (χ2n) is 6.77. The third kappa shape index (κ3) is 6.35. The van der Waals surface area contributed by atoms with E-state index in [1.165, 1.54) is 0 Å². The fraction of sp³-hybridized carbons (Fsp3) is 0.381. The van der Waals surface area contributed by atoms with Crippen LogP contribution in [-0.4, -0.2) is 45.7 Å². The first-order chi connectivity index (χ1) is 14.2. The Morgan fingerprint density at radius 1 is 1.13 bits per heavy atom. The van der Waals surface area contributed by atoms with E-state index < -0.39 is 15.9 Å². The Hall–Kier alpha value is -2.29. The molecule has 0 aromatic heterocycles. The molecule has 0 aliphatic rings. The summed E-state index contributed by atoms with van der Waals surface area (Å²) in [5.74, 6) is 0.735. The second-order valence-corrected chi connectivity index (χ2v) is 9.15. The van der Waals surface area contributed by atoms with Gasteiger partial charge in [-0.3, -0.25) is 4.79 Å². The van der Waals surface area contributed by atoms with E-state index in [4.69, 9.17) is 21.1 Å². The molecule has 30 heavy (non-hydrogen) atoms. The highest BCUT2D eigenvalue weighted by atomic mass is 35.5. The first kappa shape index (κ1) is 24.0. The van der Waals surface area contributed by atoms with Crippen molar-refractivity contribution in [1.29, 1.82) is 0 Å². The van der Waals surface area contributed by atoms with Crippen LogP contribution in [-0.2, 0) is 21.4 Å². The average Bonchev–Trinajstić information content (AvgIpc) is 2.71. The summed E-state index contributed by atoms with van der Waals surface area (Å²) in [4.78, 5) is 12.7. The van der Waals surface area contributed by atoms with Crippen molar-refractivity contribution in [2.24, 2.45) is 0 Å². The molecule has 2 rings (SSSR count). The Morgan fingerprint density at radius 2 is 1.80 bits per heavy atom. The van der Waals surface area contributed by atoms with Crippen LogP contribution in [0.1, 0.15) is 30.5 Å². The third-order valence-electron chi connectivity index (χ3n) is 4.65. The van der Waals surface area contributed by atoms with Crippen LogP contribution in [0.5, 0.6) is 11.5 Å². The van der Waals surface area contributed by atoms with Gasteiger partial charge in [-0.1, -0.05) is 42.8 Å². The van der Waals surface area contributed by atoms with E-state index in [1.54, 1.807) is 50.6 Å². The van der Waals surface area contributed by atoms with Crippen molar-refractivity contribution in [2.45, 2.75) is 25.9 Å². The molecule has 0 saturated heterocycles. The van der Waals surface area contributed by atoms with E-state index in [2.05, 4.69) is 5.32 Å². The predicted octanol–water partition coefficient (Wildman–Crippen LogP) is 3.39. The molecule has 0 spiro atoms. The fourth-order valence-corrected chi connectivity index (χ4v) is 3.92. The summed E-state index contributed by atoms with van der Waals surface area (Å²) in [7, 11) is -0.532. The lowest BCUT2D eigenvalue weighted by Gasteiger charge is -2.23. The van der Waals surface area contributed by atoms with E-state index >= 15 is 0 Å². The van der Waals surface area contributed by atoms with E-state index in [0.29, 0.717) is 28.5 Å². The van der Waals surface area contributed by atoms with Crippen molar-refractivity contribution in [3.8, 4) is 11.5 Å². The Morgan fingerprint density at radius 3 is 2.37 bits per heavy atom. The van der Waals surface area contributed by atoms with Crippen molar-refractivity contribution < 1.29 is 22.7 Å². The third-order valence-corrected chi connectivity index (χ3v) is 6.21. The number of hydrogen-bond donors (Lipinski definition) is 1. The van der Waals surface area contributed by atoms with Gasteiger partial charge in [-0.15, -0.1) is 0 Å². The van der Waals surface area contributed by atoms with Gasteiger partial charge in [-0.2, -0.15) is 4.31 Å². The Kier molecular flexibility index (Phi) is 8.52. The molecule has 0 aliphatic heterocycles. The van der Waals surface area contributed by atoms with Gasteiger partial charge < -0.3 is 14.8 Å². The zero-order valence-corrected chi connectivity index (χ0v) is 19.1. The molecule has 2 aromatic rings.